The molecule has 2 rings (SSSR count). The Kier molecular flexibility index (Phi) is 6.14. The van der Waals surface area contributed by atoms with Crippen LogP contribution < -0.4 is 0 Å². The van der Waals surface area contributed by atoms with E-state index in [1.165, 1.54) is 12.1 Å². The van der Waals surface area contributed by atoms with Crippen LogP contribution in [0.25, 0.3) is 0 Å². The van der Waals surface area contributed by atoms with Crippen LogP contribution in [0.4, 0.5) is 9.18 Å². The van der Waals surface area contributed by atoms with Gasteiger partial charge in [-0.15, -0.1) is 0 Å². The Morgan fingerprint density at radius 3 is 2.44 bits per heavy atom. The van der Waals surface area contributed by atoms with Gasteiger partial charge in [0.25, 0.3) is 0 Å². The van der Waals surface area contributed by atoms with Crippen LogP contribution in [0, 0.1) is 11.7 Å². The summed E-state index contributed by atoms with van der Waals surface area (Å²) in [6, 6.07) is 3.95. The van der Waals surface area contributed by atoms with Crippen LogP contribution in [0.5, 0.6) is 0 Å². The molecule has 0 atom stereocenters. The van der Waals surface area contributed by atoms with Gasteiger partial charge in [0.05, 0.1) is 5.75 Å². The highest BCUT2D eigenvalue weighted by Gasteiger charge is 2.30. The fraction of sp³-hybridized carbons (Fsp3) is 0.588. The summed E-state index contributed by atoms with van der Waals surface area (Å²) in [6.07, 6.45) is 0.723. The highest BCUT2D eigenvalue weighted by molar-refractivity contribution is 9.10. The average Bonchev–Trinajstić information content (AvgIpc) is 2.45. The Morgan fingerprint density at radius 2 is 1.92 bits per heavy atom. The van der Waals surface area contributed by atoms with Gasteiger partial charge in [-0.25, -0.2) is 17.6 Å². The lowest BCUT2D eigenvalue weighted by atomic mass is 9.99. The van der Waals surface area contributed by atoms with Gasteiger partial charge in [-0.1, -0.05) is 15.9 Å². The Balaban J connectivity index is 1.96. The number of rotatable bonds is 3. The van der Waals surface area contributed by atoms with Crippen molar-refractivity contribution in [2.45, 2.75) is 44.1 Å². The number of nitrogens with zero attached hydrogens (tertiary/aromatic N) is 1. The molecule has 1 amide bonds. The van der Waals surface area contributed by atoms with E-state index in [0.717, 1.165) is 6.07 Å². The van der Waals surface area contributed by atoms with Crippen molar-refractivity contribution in [3.8, 4) is 0 Å². The first kappa shape index (κ1) is 20.2. The number of amides is 1. The molecule has 1 heterocycles. The molecule has 0 saturated carbocycles. The van der Waals surface area contributed by atoms with Crippen LogP contribution in [0.3, 0.4) is 0 Å². The lowest BCUT2D eigenvalue weighted by Crippen LogP contribution is -2.42. The van der Waals surface area contributed by atoms with Crippen molar-refractivity contribution in [2.24, 2.45) is 5.92 Å². The van der Waals surface area contributed by atoms with Crippen molar-refractivity contribution in [3.63, 3.8) is 0 Å². The molecular weight excluding hydrogens is 413 g/mol. The summed E-state index contributed by atoms with van der Waals surface area (Å²) >= 11 is 3.12. The van der Waals surface area contributed by atoms with Gasteiger partial charge in [0.15, 0.2) is 9.84 Å². The van der Waals surface area contributed by atoms with Crippen LogP contribution in [-0.2, 0) is 14.6 Å². The van der Waals surface area contributed by atoms with Crippen molar-refractivity contribution in [3.05, 3.63) is 28.5 Å². The van der Waals surface area contributed by atoms with Crippen molar-refractivity contribution in [2.75, 3.05) is 18.8 Å². The molecule has 0 aromatic heterocycles. The maximum atomic E-state index is 13.9. The molecule has 1 fully saturated rings. The Morgan fingerprint density at radius 1 is 1.32 bits per heavy atom. The second kappa shape index (κ2) is 7.61. The molecular formula is C17H23BrFNO4S. The number of benzene rings is 1. The summed E-state index contributed by atoms with van der Waals surface area (Å²) in [6.45, 7) is 6.29. The van der Waals surface area contributed by atoms with E-state index in [0.29, 0.717) is 30.4 Å². The Hall–Kier alpha value is -1.15. The van der Waals surface area contributed by atoms with Gasteiger partial charge in [0.1, 0.15) is 16.3 Å². The molecule has 0 bridgehead atoms. The quantitative estimate of drug-likeness (QED) is 0.719. The first-order valence-electron chi connectivity index (χ1n) is 8.14. The Bertz CT molecular complexity index is 738. The zero-order chi connectivity index (χ0) is 18.8. The van der Waals surface area contributed by atoms with Gasteiger partial charge in [-0.3, -0.25) is 0 Å². The van der Waals surface area contributed by atoms with E-state index in [2.05, 4.69) is 15.9 Å². The van der Waals surface area contributed by atoms with Gasteiger partial charge >= 0.3 is 6.09 Å². The number of hydrogen-bond acceptors (Lipinski definition) is 4. The number of piperidine rings is 1. The number of sulfone groups is 1. The first-order chi connectivity index (χ1) is 11.5. The lowest BCUT2D eigenvalue weighted by Gasteiger charge is -2.33. The molecule has 140 valence electrons. The molecule has 1 aromatic carbocycles. The number of ether oxygens (including phenoxy) is 1. The molecule has 25 heavy (non-hydrogen) atoms. The van der Waals surface area contributed by atoms with E-state index >= 15 is 0 Å². The molecule has 0 unspecified atom stereocenters. The van der Waals surface area contributed by atoms with Crippen molar-refractivity contribution < 1.29 is 22.3 Å². The minimum Gasteiger partial charge on any atom is -0.444 e. The van der Waals surface area contributed by atoms with Crippen molar-refractivity contribution in [1.82, 2.24) is 4.90 Å². The van der Waals surface area contributed by atoms with Gasteiger partial charge in [0, 0.05) is 17.6 Å². The van der Waals surface area contributed by atoms with E-state index in [1.807, 2.05) is 0 Å². The van der Waals surface area contributed by atoms with E-state index in [9.17, 15) is 17.6 Å². The second-order valence-corrected chi connectivity index (χ2v) is 10.2. The van der Waals surface area contributed by atoms with Gasteiger partial charge in [-0.05, 0) is 57.7 Å². The summed E-state index contributed by atoms with van der Waals surface area (Å²) in [7, 11) is -3.70. The highest BCUT2D eigenvalue weighted by Crippen LogP contribution is 2.26. The molecule has 1 aliphatic heterocycles. The number of halogens is 2. The number of carbonyl (C=O) groups excluding carboxylic acids is 1. The monoisotopic (exact) mass is 435 g/mol. The van der Waals surface area contributed by atoms with Crippen molar-refractivity contribution >= 4 is 31.9 Å². The molecule has 0 spiro atoms. The highest BCUT2D eigenvalue weighted by atomic mass is 79.9. The topological polar surface area (TPSA) is 63.7 Å². The number of hydrogen-bond donors (Lipinski definition) is 0. The zero-order valence-corrected chi connectivity index (χ0v) is 17.0. The normalized spacial score (nSPS) is 16.8. The molecule has 1 aromatic rings. The second-order valence-electron chi connectivity index (χ2n) is 7.27. The maximum Gasteiger partial charge on any atom is 0.410 e. The molecule has 0 N–H and O–H groups in total. The molecule has 1 saturated heterocycles. The van der Waals surface area contributed by atoms with Crippen LogP contribution in [0.2, 0.25) is 0 Å². The summed E-state index contributed by atoms with van der Waals surface area (Å²) in [5.41, 5.74) is -0.559. The third kappa shape index (κ3) is 5.67. The largest absolute Gasteiger partial charge is 0.444 e. The fourth-order valence-corrected chi connectivity index (χ4v) is 4.83. The molecule has 1 aliphatic rings. The van der Waals surface area contributed by atoms with Crippen LogP contribution in [0.15, 0.2) is 27.6 Å². The van der Waals surface area contributed by atoms with E-state index in [-0.39, 0.29) is 22.7 Å². The minimum absolute atomic E-state index is 0.105. The van der Waals surface area contributed by atoms with Crippen LogP contribution in [-0.4, -0.2) is 43.9 Å². The molecule has 0 radical (unpaired) electrons. The standard InChI is InChI=1S/C17H23BrFNO4S/c1-17(2,3)24-16(21)20-8-6-12(7-9-20)11-25(22,23)15-5-4-13(18)10-14(15)19/h4-5,10,12H,6-9,11H2,1-3H3. The van der Waals surface area contributed by atoms with E-state index in [1.54, 1.807) is 25.7 Å². The summed E-state index contributed by atoms with van der Waals surface area (Å²) in [5.74, 6) is -0.972. The third-order valence-electron chi connectivity index (χ3n) is 3.95. The van der Waals surface area contributed by atoms with Gasteiger partial charge in [-0.2, -0.15) is 0 Å². The van der Waals surface area contributed by atoms with Crippen molar-refractivity contribution in [1.29, 1.82) is 0 Å². The van der Waals surface area contributed by atoms with Crippen LogP contribution >= 0.6 is 15.9 Å². The summed E-state index contributed by atoms with van der Waals surface area (Å²) in [4.78, 5) is 13.4. The third-order valence-corrected chi connectivity index (χ3v) is 6.36. The number of carbonyl (C=O) groups is 1. The van der Waals surface area contributed by atoms with Gasteiger partial charge < -0.3 is 9.64 Å². The summed E-state index contributed by atoms with van der Waals surface area (Å²) < 4.78 is 44.7. The zero-order valence-electron chi connectivity index (χ0n) is 14.6. The van der Waals surface area contributed by atoms with Gasteiger partial charge in [0.2, 0.25) is 0 Å². The predicted octanol–water partition coefficient (Wildman–Crippen LogP) is 4.01. The first-order valence-corrected chi connectivity index (χ1v) is 10.6. The maximum absolute atomic E-state index is 13.9. The smallest absolute Gasteiger partial charge is 0.410 e. The fourth-order valence-electron chi connectivity index (χ4n) is 2.74. The van der Waals surface area contributed by atoms with Crippen LogP contribution in [0.1, 0.15) is 33.6 Å². The average molecular weight is 436 g/mol. The van der Waals surface area contributed by atoms with E-state index < -0.39 is 21.3 Å². The lowest BCUT2D eigenvalue weighted by molar-refractivity contribution is 0.0191. The predicted molar refractivity (Wildman–Crippen MR) is 96.7 cm³/mol. The molecule has 8 heteroatoms. The summed E-state index contributed by atoms with van der Waals surface area (Å²) in [5, 5.41) is 0. The Labute approximate surface area is 156 Å². The minimum atomic E-state index is -3.70. The molecule has 0 aliphatic carbocycles. The number of likely N-dealkylation sites (tertiary alicyclic amines) is 1. The molecule has 5 nitrogen and oxygen atoms in total. The van der Waals surface area contributed by atoms with E-state index in [4.69, 9.17) is 4.74 Å². The SMILES string of the molecule is CC(C)(C)OC(=O)N1CCC(CS(=O)(=O)c2ccc(Br)cc2F)CC1.